The van der Waals surface area contributed by atoms with Gasteiger partial charge >= 0.3 is 6.18 Å². The molecule has 0 aliphatic heterocycles. The van der Waals surface area contributed by atoms with Crippen LogP contribution in [0.1, 0.15) is 18.7 Å². The maximum atomic E-state index is 11.8. The maximum absolute atomic E-state index is 11.8. The van der Waals surface area contributed by atoms with E-state index in [0.29, 0.717) is 19.5 Å². The molecule has 1 aromatic rings. The summed E-state index contributed by atoms with van der Waals surface area (Å²) >= 11 is 0. The quantitative estimate of drug-likeness (QED) is 0.757. The summed E-state index contributed by atoms with van der Waals surface area (Å²) in [5.74, 6) is 0.823. The summed E-state index contributed by atoms with van der Waals surface area (Å²) in [6.45, 7) is 0.988. The molecule has 0 atom stereocenters. The summed E-state index contributed by atoms with van der Waals surface area (Å²) in [5.41, 5.74) is 0. The van der Waals surface area contributed by atoms with Crippen molar-refractivity contribution >= 4 is 0 Å². The number of rotatable bonds is 6. The molecule has 16 heavy (non-hydrogen) atoms. The molecule has 4 nitrogen and oxygen atoms in total. The van der Waals surface area contributed by atoms with E-state index >= 15 is 0 Å². The molecule has 0 fully saturated rings. The van der Waals surface area contributed by atoms with E-state index in [4.69, 9.17) is 0 Å². The summed E-state index contributed by atoms with van der Waals surface area (Å²) in [6.07, 6.45) is -2.40. The van der Waals surface area contributed by atoms with Crippen LogP contribution in [0, 0.1) is 0 Å². The standard InChI is InChI=1S/C9H15F3N4/c1-16-7-14-15-8(16)3-6-13-5-2-4-9(10,11)12/h7,13H,2-6H2,1H3. The fourth-order valence-corrected chi connectivity index (χ4v) is 1.27. The molecule has 0 saturated heterocycles. The van der Waals surface area contributed by atoms with Gasteiger partial charge in [-0.3, -0.25) is 0 Å². The minimum Gasteiger partial charge on any atom is -0.321 e. The van der Waals surface area contributed by atoms with Crippen molar-refractivity contribution in [1.29, 1.82) is 0 Å². The van der Waals surface area contributed by atoms with Gasteiger partial charge in [0.25, 0.3) is 0 Å². The lowest BCUT2D eigenvalue weighted by Gasteiger charge is -2.06. The first-order valence-corrected chi connectivity index (χ1v) is 5.09. The van der Waals surface area contributed by atoms with Gasteiger partial charge in [0.05, 0.1) is 0 Å². The van der Waals surface area contributed by atoms with Crippen LogP contribution >= 0.6 is 0 Å². The number of nitrogens with one attached hydrogen (secondary N) is 1. The van der Waals surface area contributed by atoms with Crippen molar-refractivity contribution in [3.8, 4) is 0 Å². The maximum Gasteiger partial charge on any atom is 0.389 e. The Kier molecular flexibility index (Phi) is 4.72. The van der Waals surface area contributed by atoms with Gasteiger partial charge in [-0.1, -0.05) is 0 Å². The Morgan fingerprint density at radius 1 is 1.38 bits per heavy atom. The Labute approximate surface area is 91.9 Å². The van der Waals surface area contributed by atoms with E-state index in [1.807, 2.05) is 7.05 Å². The van der Waals surface area contributed by atoms with Gasteiger partial charge in [0.1, 0.15) is 12.2 Å². The third-order valence-corrected chi connectivity index (χ3v) is 2.14. The molecule has 1 rings (SSSR count). The molecular formula is C9H15F3N4. The average Bonchev–Trinajstić information content (AvgIpc) is 2.56. The fraction of sp³-hybridized carbons (Fsp3) is 0.778. The van der Waals surface area contributed by atoms with Crippen LogP contribution in [0.3, 0.4) is 0 Å². The van der Waals surface area contributed by atoms with Crippen LogP contribution in [0.15, 0.2) is 6.33 Å². The third-order valence-electron chi connectivity index (χ3n) is 2.14. The highest BCUT2D eigenvalue weighted by Crippen LogP contribution is 2.20. The Morgan fingerprint density at radius 3 is 2.69 bits per heavy atom. The zero-order chi connectivity index (χ0) is 12.0. The van der Waals surface area contributed by atoms with E-state index in [2.05, 4.69) is 15.5 Å². The highest BCUT2D eigenvalue weighted by atomic mass is 19.4. The monoisotopic (exact) mass is 236 g/mol. The van der Waals surface area contributed by atoms with Gasteiger partial charge < -0.3 is 9.88 Å². The van der Waals surface area contributed by atoms with Gasteiger partial charge in [-0.05, 0) is 13.0 Å². The predicted octanol–water partition coefficient (Wildman–Crippen LogP) is 1.29. The Hall–Kier alpha value is -1.11. The normalized spacial score (nSPS) is 12.0. The summed E-state index contributed by atoms with van der Waals surface area (Å²) in [4.78, 5) is 0. The summed E-state index contributed by atoms with van der Waals surface area (Å²) < 4.78 is 37.2. The molecule has 0 aliphatic carbocycles. The van der Waals surface area contributed by atoms with Crippen LogP contribution in [-0.4, -0.2) is 34.0 Å². The molecule has 0 spiro atoms. The van der Waals surface area contributed by atoms with E-state index in [-0.39, 0.29) is 6.42 Å². The number of aryl methyl sites for hydroxylation is 1. The molecule has 1 N–H and O–H groups in total. The first-order chi connectivity index (χ1) is 7.49. The second-order valence-corrected chi connectivity index (χ2v) is 3.58. The molecule has 0 aromatic carbocycles. The third kappa shape index (κ3) is 5.11. The molecule has 0 bridgehead atoms. The van der Waals surface area contributed by atoms with E-state index < -0.39 is 12.6 Å². The molecule has 1 heterocycles. The van der Waals surface area contributed by atoms with Crippen LogP contribution in [0.4, 0.5) is 13.2 Å². The molecule has 0 saturated carbocycles. The lowest BCUT2D eigenvalue weighted by atomic mass is 10.3. The molecule has 1 aromatic heterocycles. The first-order valence-electron chi connectivity index (χ1n) is 5.09. The van der Waals surface area contributed by atoms with E-state index in [1.165, 1.54) is 0 Å². The number of hydrogen-bond acceptors (Lipinski definition) is 3. The molecule has 7 heteroatoms. The largest absolute Gasteiger partial charge is 0.389 e. The highest BCUT2D eigenvalue weighted by molar-refractivity contribution is 4.84. The van der Waals surface area contributed by atoms with Crippen molar-refractivity contribution in [2.75, 3.05) is 13.1 Å². The number of nitrogens with zero attached hydrogens (tertiary/aromatic N) is 3. The van der Waals surface area contributed by atoms with Crippen molar-refractivity contribution in [1.82, 2.24) is 20.1 Å². The number of aromatic nitrogens is 3. The molecule has 92 valence electrons. The lowest BCUT2D eigenvalue weighted by Crippen LogP contribution is -2.21. The summed E-state index contributed by atoms with van der Waals surface area (Å²) in [7, 11) is 1.83. The van der Waals surface area contributed by atoms with Gasteiger partial charge in [-0.2, -0.15) is 13.2 Å². The molecule has 0 radical (unpaired) electrons. The molecular weight excluding hydrogens is 221 g/mol. The average molecular weight is 236 g/mol. The zero-order valence-electron chi connectivity index (χ0n) is 9.09. The highest BCUT2D eigenvalue weighted by Gasteiger charge is 2.25. The van der Waals surface area contributed by atoms with Crippen molar-refractivity contribution in [2.45, 2.75) is 25.4 Å². The van der Waals surface area contributed by atoms with Crippen molar-refractivity contribution in [2.24, 2.45) is 7.05 Å². The zero-order valence-corrected chi connectivity index (χ0v) is 9.09. The van der Waals surface area contributed by atoms with Gasteiger partial charge in [0.2, 0.25) is 0 Å². The van der Waals surface area contributed by atoms with E-state index in [1.54, 1.807) is 10.9 Å². The lowest BCUT2D eigenvalue weighted by molar-refractivity contribution is -0.135. The minimum atomic E-state index is -4.05. The van der Waals surface area contributed by atoms with Crippen molar-refractivity contribution < 1.29 is 13.2 Å². The second kappa shape index (κ2) is 5.83. The second-order valence-electron chi connectivity index (χ2n) is 3.58. The Morgan fingerprint density at radius 2 is 2.12 bits per heavy atom. The predicted molar refractivity (Wildman–Crippen MR) is 52.9 cm³/mol. The first kappa shape index (κ1) is 13.0. The Bertz CT molecular complexity index is 308. The summed E-state index contributed by atoms with van der Waals surface area (Å²) in [6, 6.07) is 0. The SMILES string of the molecule is Cn1cnnc1CCNCCCC(F)(F)F. The van der Waals surface area contributed by atoms with Gasteiger partial charge in [-0.25, -0.2) is 0 Å². The van der Waals surface area contributed by atoms with Crippen LogP contribution < -0.4 is 5.32 Å². The number of hydrogen-bond donors (Lipinski definition) is 1. The van der Waals surface area contributed by atoms with E-state index in [0.717, 1.165) is 5.82 Å². The van der Waals surface area contributed by atoms with E-state index in [9.17, 15) is 13.2 Å². The number of halogens is 3. The minimum absolute atomic E-state index is 0.113. The van der Waals surface area contributed by atoms with Crippen LogP contribution in [0.2, 0.25) is 0 Å². The van der Waals surface area contributed by atoms with Crippen LogP contribution in [0.25, 0.3) is 0 Å². The fourth-order valence-electron chi connectivity index (χ4n) is 1.27. The van der Waals surface area contributed by atoms with Gasteiger partial charge in [0.15, 0.2) is 0 Å². The van der Waals surface area contributed by atoms with Crippen molar-refractivity contribution in [3.63, 3.8) is 0 Å². The summed E-state index contributed by atoms with van der Waals surface area (Å²) in [5, 5.41) is 10.5. The Balaban J connectivity index is 2.03. The van der Waals surface area contributed by atoms with Gasteiger partial charge in [-0.15, -0.1) is 10.2 Å². The molecule has 0 amide bonds. The van der Waals surface area contributed by atoms with Gasteiger partial charge in [0, 0.05) is 26.4 Å². The van der Waals surface area contributed by atoms with Crippen LogP contribution in [0.5, 0.6) is 0 Å². The van der Waals surface area contributed by atoms with Crippen LogP contribution in [-0.2, 0) is 13.5 Å². The van der Waals surface area contributed by atoms with Crippen molar-refractivity contribution in [3.05, 3.63) is 12.2 Å². The molecule has 0 aliphatic rings. The smallest absolute Gasteiger partial charge is 0.321 e. The number of alkyl halides is 3. The topological polar surface area (TPSA) is 42.7 Å². The molecule has 0 unspecified atom stereocenters.